The minimum absolute atomic E-state index is 0.333. The highest BCUT2D eigenvalue weighted by molar-refractivity contribution is 6.03. The number of aliphatic imine (C=N–C) groups is 1. The first kappa shape index (κ1) is 23.8. The maximum absolute atomic E-state index is 14.2. The number of amidine groups is 1. The van der Waals surface area contributed by atoms with Crippen LogP contribution in [0, 0.1) is 23.0 Å². The molecule has 1 amide bonds. The Kier molecular flexibility index (Phi) is 5.93. The van der Waals surface area contributed by atoms with E-state index in [-0.39, 0.29) is 5.52 Å². The molecule has 0 saturated heterocycles. The van der Waals surface area contributed by atoms with E-state index in [1.807, 2.05) is 0 Å². The largest absolute Gasteiger partial charge is 0.418 e. The van der Waals surface area contributed by atoms with Crippen LogP contribution in [0.5, 0.6) is 0 Å². The van der Waals surface area contributed by atoms with E-state index in [0.717, 1.165) is 16.7 Å². The van der Waals surface area contributed by atoms with Crippen molar-refractivity contribution in [1.82, 2.24) is 4.57 Å². The van der Waals surface area contributed by atoms with Gasteiger partial charge in [0.2, 0.25) is 0 Å². The Labute approximate surface area is 181 Å². The van der Waals surface area contributed by atoms with Crippen LogP contribution in [0.15, 0.2) is 41.4 Å². The Balaban J connectivity index is 2.15. The summed E-state index contributed by atoms with van der Waals surface area (Å²) in [4.78, 5) is 15.6. The molecule has 1 heterocycles. The van der Waals surface area contributed by atoms with Crippen LogP contribution in [0.2, 0.25) is 0 Å². The van der Waals surface area contributed by atoms with E-state index >= 15 is 0 Å². The lowest BCUT2D eigenvalue weighted by molar-refractivity contribution is -0.136. The lowest BCUT2D eigenvalue weighted by Gasteiger charge is -2.15. The number of nitriles is 1. The summed E-state index contributed by atoms with van der Waals surface area (Å²) in [6.45, 7) is -0.292. The van der Waals surface area contributed by atoms with Crippen molar-refractivity contribution in [1.29, 1.82) is 5.26 Å². The first-order valence-corrected chi connectivity index (χ1v) is 9.07. The molecule has 3 rings (SSSR count). The van der Waals surface area contributed by atoms with E-state index in [4.69, 9.17) is 11.0 Å². The van der Waals surface area contributed by atoms with Crippen molar-refractivity contribution in [2.24, 2.45) is 10.7 Å². The smallest absolute Gasteiger partial charge is 0.386 e. The summed E-state index contributed by atoms with van der Waals surface area (Å²) in [6.07, 6.45) is -5.02. The highest BCUT2D eigenvalue weighted by Crippen LogP contribution is 2.41. The van der Waals surface area contributed by atoms with E-state index < -0.39 is 69.8 Å². The van der Waals surface area contributed by atoms with E-state index in [1.54, 1.807) is 0 Å². The van der Waals surface area contributed by atoms with Gasteiger partial charge in [-0.3, -0.25) is 4.79 Å². The van der Waals surface area contributed by atoms with Crippen molar-refractivity contribution in [3.63, 3.8) is 0 Å². The molecule has 0 fully saturated rings. The molecule has 0 atom stereocenters. The minimum Gasteiger partial charge on any atom is -0.386 e. The zero-order chi connectivity index (χ0) is 24.7. The number of hydrogen-bond donors (Lipinski definition) is 1. The van der Waals surface area contributed by atoms with Crippen LogP contribution in [-0.2, 0) is 18.6 Å². The minimum atomic E-state index is -5.02. The third-order valence-electron chi connectivity index (χ3n) is 4.61. The molecule has 0 aliphatic heterocycles. The fraction of sp³-hybridized carbons (Fsp3) is 0.190. The van der Waals surface area contributed by atoms with Gasteiger partial charge in [-0.25, -0.2) is 17.6 Å². The molecule has 33 heavy (non-hydrogen) atoms. The lowest BCUT2D eigenvalue weighted by atomic mass is 10.0. The molecule has 2 N–H and O–H groups in total. The summed E-state index contributed by atoms with van der Waals surface area (Å²) in [5, 5.41) is 8.37. The number of carbonyl (C=O) groups is 1. The Morgan fingerprint density at radius 2 is 1.70 bits per heavy atom. The standard InChI is InChI=1S/C21H13F7N4O/c1-20(24,25)16-7-14-15(3-2-10(8-29)18(14)21(26,27)28)32(16)9-17(30)31-19(33)11-4-12(22)6-13(23)5-11/h2-7H,9H2,1H3,(H2,30,31,33). The number of nitrogens with two attached hydrogens (primary N) is 1. The Morgan fingerprint density at radius 1 is 1.09 bits per heavy atom. The molecule has 0 aliphatic rings. The van der Waals surface area contributed by atoms with Crippen LogP contribution in [0.1, 0.15) is 34.1 Å². The molecule has 12 heteroatoms. The second-order valence-electron chi connectivity index (χ2n) is 7.10. The fourth-order valence-electron chi connectivity index (χ4n) is 3.34. The summed E-state index contributed by atoms with van der Waals surface area (Å²) < 4.78 is 96.6. The van der Waals surface area contributed by atoms with Gasteiger partial charge in [0.15, 0.2) is 0 Å². The number of fused-ring (bicyclic) bond motifs is 1. The molecular weight excluding hydrogens is 457 g/mol. The molecule has 0 aliphatic carbocycles. The maximum Gasteiger partial charge on any atom is 0.418 e. The second-order valence-corrected chi connectivity index (χ2v) is 7.10. The van der Waals surface area contributed by atoms with Crippen LogP contribution in [0.4, 0.5) is 30.7 Å². The topological polar surface area (TPSA) is 84.2 Å². The third kappa shape index (κ3) is 4.82. The predicted molar refractivity (Wildman–Crippen MR) is 104 cm³/mol. The summed E-state index contributed by atoms with van der Waals surface area (Å²) in [5.74, 6) is -7.56. The van der Waals surface area contributed by atoms with E-state index in [2.05, 4.69) is 4.99 Å². The number of hydrogen-bond acceptors (Lipinski definition) is 2. The number of carbonyl (C=O) groups excluding carboxylic acids is 1. The van der Waals surface area contributed by atoms with Crippen molar-refractivity contribution in [3.05, 3.63) is 70.4 Å². The highest BCUT2D eigenvalue weighted by atomic mass is 19.4. The van der Waals surface area contributed by atoms with Gasteiger partial charge in [-0.05, 0) is 30.3 Å². The summed E-state index contributed by atoms with van der Waals surface area (Å²) in [6, 6.07) is 5.71. The second kappa shape index (κ2) is 8.23. The van der Waals surface area contributed by atoms with E-state index in [1.165, 1.54) is 6.07 Å². The molecule has 5 nitrogen and oxygen atoms in total. The van der Waals surface area contributed by atoms with Crippen LogP contribution < -0.4 is 5.73 Å². The average molecular weight is 470 g/mol. The summed E-state index contributed by atoms with van der Waals surface area (Å²) in [5.41, 5.74) is 1.79. The van der Waals surface area contributed by atoms with Crippen molar-refractivity contribution < 1.29 is 35.5 Å². The zero-order valence-electron chi connectivity index (χ0n) is 16.6. The van der Waals surface area contributed by atoms with Gasteiger partial charge in [-0.2, -0.15) is 23.4 Å². The maximum atomic E-state index is 14.2. The number of aromatic nitrogens is 1. The molecule has 0 radical (unpaired) electrons. The van der Waals surface area contributed by atoms with Crippen LogP contribution in [0.25, 0.3) is 10.9 Å². The Bertz CT molecular complexity index is 1310. The number of nitrogens with zero attached hydrogens (tertiary/aromatic N) is 3. The van der Waals surface area contributed by atoms with Gasteiger partial charge in [0.25, 0.3) is 11.8 Å². The normalized spacial score (nSPS) is 12.8. The van der Waals surface area contributed by atoms with Gasteiger partial charge in [0.05, 0.1) is 29.4 Å². The summed E-state index contributed by atoms with van der Waals surface area (Å²) in [7, 11) is 0. The summed E-state index contributed by atoms with van der Waals surface area (Å²) >= 11 is 0. The van der Waals surface area contributed by atoms with Gasteiger partial charge in [-0.1, -0.05) is 0 Å². The number of rotatable bonds is 4. The zero-order valence-corrected chi connectivity index (χ0v) is 16.6. The van der Waals surface area contributed by atoms with Crippen LogP contribution in [-0.4, -0.2) is 16.3 Å². The molecule has 3 aromatic rings. The molecular formula is C21H13F7N4O. The Hall–Kier alpha value is -3.88. The van der Waals surface area contributed by atoms with Crippen molar-refractivity contribution in [2.45, 2.75) is 25.6 Å². The first-order valence-electron chi connectivity index (χ1n) is 9.07. The van der Waals surface area contributed by atoms with Gasteiger partial charge >= 0.3 is 6.18 Å². The van der Waals surface area contributed by atoms with E-state index in [9.17, 15) is 35.5 Å². The number of halogens is 7. The third-order valence-corrected chi connectivity index (χ3v) is 4.61. The molecule has 2 aromatic carbocycles. The Morgan fingerprint density at radius 3 is 2.21 bits per heavy atom. The highest BCUT2D eigenvalue weighted by Gasteiger charge is 2.39. The first-order chi connectivity index (χ1) is 15.2. The van der Waals surface area contributed by atoms with Gasteiger partial charge < -0.3 is 10.3 Å². The quantitative estimate of drug-likeness (QED) is 0.326. The molecule has 1 aromatic heterocycles. The van der Waals surface area contributed by atoms with Crippen LogP contribution in [0.3, 0.4) is 0 Å². The molecule has 0 bridgehead atoms. The number of amides is 1. The SMILES string of the molecule is CC(F)(F)c1cc2c(C(F)(F)F)c(C#N)ccc2n1CC(N)=NC(=O)c1cc(F)cc(F)c1. The predicted octanol–water partition coefficient (Wildman–Crippen LogP) is 5.12. The van der Waals surface area contributed by atoms with E-state index in [0.29, 0.717) is 31.2 Å². The number of benzene rings is 2. The van der Waals surface area contributed by atoms with Crippen molar-refractivity contribution in [3.8, 4) is 6.07 Å². The van der Waals surface area contributed by atoms with Gasteiger partial charge in [-0.15, -0.1) is 0 Å². The average Bonchev–Trinajstić information content (AvgIpc) is 3.04. The van der Waals surface area contributed by atoms with Crippen molar-refractivity contribution in [2.75, 3.05) is 0 Å². The molecule has 0 unspecified atom stereocenters. The number of alkyl halides is 5. The lowest BCUT2D eigenvalue weighted by Crippen LogP contribution is -2.25. The molecule has 0 spiro atoms. The van der Waals surface area contributed by atoms with Gasteiger partial charge in [0.1, 0.15) is 17.5 Å². The van der Waals surface area contributed by atoms with Gasteiger partial charge in [0, 0.05) is 29.5 Å². The molecule has 0 saturated carbocycles. The molecule has 172 valence electrons. The van der Waals surface area contributed by atoms with Crippen LogP contribution >= 0.6 is 0 Å². The fourth-order valence-corrected chi connectivity index (χ4v) is 3.34. The van der Waals surface area contributed by atoms with Crippen molar-refractivity contribution >= 4 is 22.6 Å². The monoisotopic (exact) mass is 470 g/mol.